The van der Waals surface area contributed by atoms with Crippen molar-refractivity contribution in [1.29, 1.82) is 0 Å². The van der Waals surface area contributed by atoms with Gasteiger partial charge in [-0.1, -0.05) is 37.1 Å². The molecule has 0 radical (unpaired) electrons. The molecule has 0 bridgehead atoms. The standard InChI is InChI=1S/C14H12/c1-3-11-5-7-14-10-12(4-2)6-8-13(14)9-11/h1,5-10H,4H2,2H3. The summed E-state index contributed by atoms with van der Waals surface area (Å²) < 4.78 is 0. The fourth-order valence-corrected chi connectivity index (χ4v) is 1.60. The van der Waals surface area contributed by atoms with Gasteiger partial charge in [0, 0.05) is 5.56 Å². The molecule has 0 unspecified atom stereocenters. The molecule has 0 fully saturated rings. The molecule has 0 atom stereocenters. The van der Waals surface area contributed by atoms with Crippen LogP contribution in [0.1, 0.15) is 18.1 Å². The van der Waals surface area contributed by atoms with Crippen molar-refractivity contribution in [3.8, 4) is 12.3 Å². The summed E-state index contributed by atoms with van der Waals surface area (Å²) in [6.45, 7) is 2.16. The zero-order valence-electron chi connectivity index (χ0n) is 8.25. The van der Waals surface area contributed by atoms with Crippen LogP contribution in [0.4, 0.5) is 0 Å². The third-order valence-corrected chi connectivity index (χ3v) is 2.48. The highest BCUT2D eigenvalue weighted by atomic mass is 14.0. The van der Waals surface area contributed by atoms with Gasteiger partial charge in [-0.15, -0.1) is 6.42 Å². The van der Waals surface area contributed by atoms with Gasteiger partial charge in [0.2, 0.25) is 0 Å². The van der Waals surface area contributed by atoms with E-state index < -0.39 is 0 Å². The van der Waals surface area contributed by atoms with E-state index in [0.717, 1.165) is 12.0 Å². The summed E-state index contributed by atoms with van der Waals surface area (Å²) in [6.07, 6.45) is 6.42. The molecule has 68 valence electrons. The predicted molar refractivity (Wildman–Crippen MR) is 61.3 cm³/mol. The van der Waals surface area contributed by atoms with Crippen LogP contribution in [0, 0.1) is 12.3 Å². The van der Waals surface area contributed by atoms with Gasteiger partial charge in [-0.3, -0.25) is 0 Å². The number of fused-ring (bicyclic) bond motifs is 1. The summed E-state index contributed by atoms with van der Waals surface area (Å²) in [5, 5.41) is 2.49. The van der Waals surface area contributed by atoms with Crippen molar-refractivity contribution in [3.63, 3.8) is 0 Å². The van der Waals surface area contributed by atoms with E-state index >= 15 is 0 Å². The van der Waals surface area contributed by atoms with Crippen LogP contribution >= 0.6 is 0 Å². The Morgan fingerprint density at radius 2 is 1.79 bits per heavy atom. The van der Waals surface area contributed by atoms with Crippen molar-refractivity contribution in [3.05, 3.63) is 47.5 Å². The number of terminal acetylenes is 1. The van der Waals surface area contributed by atoms with Crippen molar-refractivity contribution in [2.24, 2.45) is 0 Å². The Hall–Kier alpha value is -1.74. The van der Waals surface area contributed by atoms with E-state index in [4.69, 9.17) is 6.42 Å². The van der Waals surface area contributed by atoms with Crippen LogP contribution in [0.15, 0.2) is 36.4 Å². The summed E-state index contributed by atoms with van der Waals surface area (Å²) in [5.41, 5.74) is 2.31. The van der Waals surface area contributed by atoms with Crippen LogP contribution in [-0.4, -0.2) is 0 Å². The van der Waals surface area contributed by atoms with Gasteiger partial charge in [0.1, 0.15) is 0 Å². The number of rotatable bonds is 1. The molecule has 2 rings (SSSR count). The minimum absolute atomic E-state index is 0.946. The highest BCUT2D eigenvalue weighted by molar-refractivity contribution is 5.84. The summed E-state index contributed by atoms with van der Waals surface area (Å²) in [4.78, 5) is 0. The van der Waals surface area contributed by atoms with Crippen LogP contribution in [0.2, 0.25) is 0 Å². The summed E-state index contributed by atoms with van der Waals surface area (Å²) in [6, 6.07) is 12.6. The zero-order chi connectivity index (χ0) is 9.97. The fraction of sp³-hybridized carbons (Fsp3) is 0.143. The molecule has 0 aliphatic carbocycles. The van der Waals surface area contributed by atoms with Crippen LogP contribution in [0.25, 0.3) is 10.8 Å². The summed E-state index contributed by atoms with van der Waals surface area (Å²) in [7, 11) is 0. The topological polar surface area (TPSA) is 0 Å². The van der Waals surface area contributed by atoms with Gasteiger partial charge in [0.05, 0.1) is 0 Å². The maximum absolute atomic E-state index is 5.35. The molecule has 0 aliphatic rings. The molecule has 0 aliphatic heterocycles. The molecular weight excluding hydrogens is 168 g/mol. The molecule has 0 heteroatoms. The van der Waals surface area contributed by atoms with E-state index in [-0.39, 0.29) is 0 Å². The molecule has 0 N–H and O–H groups in total. The fourth-order valence-electron chi connectivity index (χ4n) is 1.60. The van der Waals surface area contributed by atoms with Crippen molar-refractivity contribution in [2.75, 3.05) is 0 Å². The molecule has 0 spiro atoms. The molecule has 0 amide bonds. The van der Waals surface area contributed by atoms with Crippen LogP contribution < -0.4 is 0 Å². The second kappa shape index (κ2) is 3.55. The molecule has 2 aromatic rings. The predicted octanol–water partition coefficient (Wildman–Crippen LogP) is 3.38. The number of hydrogen-bond donors (Lipinski definition) is 0. The number of aryl methyl sites for hydroxylation is 1. The Labute approximate surface area is 84.6 Å². The van der Waals surface area contributed by atoms with Gasteiger partial charge < -0.3 is 0 Å². The monoisotopic (exact) mass is 180 g/mol. The smallest absolute Gasteiger partial charge is 0.0248 e. The van der Waals surface area contributed by atoms with Gasteiger partial charge >= 0.3 is 0 Å². The third kappa shape index (κ3) is 1.49. The SMILES string of the molecule is C#Cc1ccc2cc(CC)ccc2c1. The lowest BCUT2D eigenvalue weighted by atomic mass is 10.0. The molecule has 0 saturated heterocycles. The Bertz CT molecular complexity index is 501. The highest BCUT2D eigenvalue weighted by Crippen LogP contribution is 2.17. The third-order valence-electron chi connectivity index (χ3n) is 2.48. The lowest BCUT2D eigenvalue weighted by Crippen LogP contribution is -1.81. The maximum atomic E-state index is 5.35. The van der Waals surface area contributed by atoms with Gasteiger partial charge in [-0.05, 0) is 34.9 Å². The Kier molecular flexibility index (Phi) is 2.24. The van der Waals surface area contributed by atoms with Gasteiger partial charge in [-0.25, -0.2) is 0 Å². The maximum Gasteiger partial charge on any atom is 0.0248 e. The van der Waals surface area contributed by atoms with Crippen LogP contribution in [-0.2, 0) is 6.42 Å². The lowest BCUT2D eigenvalue weighted by Gasteiger charge is -2.01. The Morgan fingerprint density at radius 3 is 2.50 bits per heavy atom. The first-order valence-electron chi connectivity index (χ1n) is 4.83. The first-order valence-corrected chi connectivity index (χ1v) is 4.83. The molecular formula is C14H12. The number of benzene rings is 2. The molecule has 14 heavy (non-hydrogen) atoms. The molecule has 0 saturated carbocycles. The average molecular weight is 180 g/mol. The van der Waals surface area contributed by atoms with Gasteiger partial charge in [-0.2, -0.15) is 0 Å². The van der Waals surface area contributed by atoms with Gasteiger partial charge in [0.25, 0.3) is 0 Å². The molecule has 0 heterocycles. The minimum atomic E-state index is 0.946. The van der Waals surface area contributed by atoms with Crippen LogP contribution in [0.3, 0.4) is 0 Å². The van der Waals surface area contributed by atoms with Crippen molar-refractivity contribution in [2.45, 2.75) is 13.3 Å². The highest BCUT2D eigenvalue weighted by Gasteiger charge is 1.95. The largest absolute Gasteiger partial charge is 0.115 e. The second-order valence-corrected chi connectivity index (χ2v) is 3.39. The first kappa shape index (κ1) is 8.84. The quantitative estimate of drug-likeness (QED) is 0.590. The second-order valence-electron chi connectivity index (χ2n) is 3.39. The average Bonchev–Trinajstić information content (AvgIpc) is 2.27. The van der Waals surface area contributed by atoms with E-state index in [1.54, 1.807) is 0 Å². The van der Waals surface area contributed by atoms with Crippen molar-refractivity contribution in [1.82, 2.24) is 0 Å². The first-order chi connectivity index (χ1) is 6.83. The van der Waals surface area contributed by atoms with E-state index in [0.29, 0.717) is 0 Å². The molecule has 0 aromatic heterocycles. The van der Waals surface area contributed by atoms with E-state index in [1.165, 1.54) is 16.3 Å². The van der Waals surface area contributed by atoms with Crippen LogP contribution in [0.5, 0.6) is 0 Å². The lowest BCUT2D eigenvalue weighted by molar-refractivity contribution is 1.15. The molecule has 2 aromatic carbocycles. The van der Waals surface area contributed by atoms with E-state index in [1.807, 2.05) is 6.07 Å². The summed E-state index contributed by atoms with van der Waals surface area (Å²) >= 11 is 0. The minimum Gasteiger partial charge on any atom is -0.115 e. The molecule has 0 nitrogen and oxygen atoms in total. The van der Waals surface area contributed by atoms with Crippen molar-refractivity contribution < 1.29 is 0 Å². The normalized spacial score (nSPS) is 10.0. The Balaban J connectivity index is 2.64. The summed E-state index contributed by atoms with van der Waals surface area (Å²) in [5.74, 6) is 2.65. The number of hydrogen-bond acceptors (Lipinski definition) is 0. The van der Waals surface area contributed by atoms with E-state index in [9.17, 15) is 0 Å². The van der Waals surface area contributed by atoms with Crippen molar-refractivity contribution >= 4 is 10.8 Å². The van der Waals surface area contributed by atoms with Gasteiger partial charge in [0.15, 0.2) is 0 Å². The van der Waals surface area contributed by atoms with E-state index in [2.05, 4.69) is 43.2 Å². The Morgan fingerprint density at radius 1 is 1.07 bits per heavy atom. The zero-order valence-corrected chi connectivity index (χ0v) is 8.25.